The summed E-state index contributed by atoms with van der Waals surface area (Å²) >= 11 is 12.9. The largest absolute Gasteiger partial charge is 0.301 e. The van der Waals surface area contributed by atoms with E-state index in [1.165, 1.54) is 10.4 Å². The van der Waals surface area contributed by atoms with Crippen LogP contribution >= 0.6 is 34.5 Å². The third kappa shape index (κ3) is 4.33. The van der Waals surface area contributed by atoms with Crippen molar-refractivity contribution in [1.29, 1.82) is 0 Å². The van der Waals surface area contributed by atoms with E-state index in [2.05, 4.69) is 18.7 Å². The highest BCUT2D eigenvalue weighted by Crippen LogP contribution is 2.36. The fourth-order valence-electron chi connectivity index (χ4n) is 2.27. The molecule has 1 saturated heterocycles. The second kappa shape index (κ2) is 7.15. The molecule has 0 radical (unpaired) electrons. The molecule has 0 unspecified atom stereocenters. The molecule has 0 amide bonds. The van der Waals surface area contributed by atoms with Crippen LogP contribution in [0.2, 0.25) is 8.67 Å². The van der Waals surface area contributed by atoms with Gasteiger partial charge in [-0.25, -0.2) is 8.42 Å². The number of piperazine rings is 1. The molecule has 2 rings (SSSR count). The molecule has 120 valence electrons. The Labute approximate surface area is 140 Å². The van der Waals surface area contributed by atoms with Gasteiger partial charge in [0.2, 0.25) is 10.0 Å². The summed E-state index contributed by atoms with van der Waals surface area (Å²) in [4.78, 5) is 2.45. The summed E-state index contributed by atoms with van der Waals surface area (Å²) in [5.41, 5.74) is 0. The average Bonchev–Trinajstić information content (AvgIpc) is 2.76. The standard InChI is InChI=1S/C13H20Cl2N2O2S2/c1-10(2)3-4-16-5-7-17(8-6-16)21(18,19)11-9-12(14)20-13(11)15/h9-10H,3-8H2,1-2H3. The molecular weight excluding hydrogens is 351 g/mol. The summed E-state index contributed by atoms with van der Waals surface area (Å²) in [6, 6.07) is 1.44. The first-order chi connectivity index (χ1) is 9.80. The van der Waals surface area contributed by atoms with E-state index >= 15 is 0 Å². The molecule has 0 aromatic carbocycles. The van der Waals surface area contributed by atoms with E-state index in [0.29, 0.717) is 23.3 Å². The molecule has 2 heterocycles. The fraction of sp³-hybridized carbons (Fsp3) is 0.692. The smallest absolute Gasteiger partial charge is 0.245 e. The minimum atomic E-state index is -3.53. The molecule has 0 saturated carbocycles. The Morgan fingerprint density at radius 2 is 1.86 bits per heavy atom. The first kappa shape index (κ1) is 17.5. The number of halogens is 2. The number of hydrogen-bond acceptors (Lipinski definition) is 4. The number of sulfonamides is 1. The third-order valence-corrected chi connectivity index (χ3v) is 7.25. The highest BCUT2D eigenvalue weighted by molar-refractivity contribution is 7.89. The van der Waals surface area contributed by atoms with Gasteiger partial charge in [-0.1, -0.05) is 37.0 Å². The first-order valence-electron chi connectivity index (χ1n) is 6.98. The maximum atomic E-state index is 12.6. The number of rotatable bonds is 5. The average molecular weight is 371 g/mol. The highest BCUT2D eigenvalue weighted by atomic mass is 35.5. The lowest BCUT2D eigenvalue weighted by molar-refractivity contribution is 0.180. The normalized spacial score (nSPS) is 18.5. The highest BCUT2D eigenvalue weighted by Gasteiger charge is 2.31. The molecule has 0 aliphatic carbocycles. The Hall–Kier alpha value is 0.150. The molecule has 1 fully saturated rings. The zero-order valence-electron chi connectivity index (χ0n) is 12.2. The van der Waals surface area contributed by atoms with Crippen molar-refractivity contribution in [1.82, 2.24) is 9.21 Å². The molecule has 1 aromatic heterocycles. The molecule has 0 spiro atoms. The van der Waals surface area contributed by atoms with E-state index in [9.17, 15) is 8.42 Å². The molecule has 0 atom stereocenters. The van der Waals surface area contributed by atoms with Crippen molar-refractivity contribution in [3.63, 3.8) is 0 Å². The molecule has 21 heavy (non-hydrogen) atoms. The summed E-state index contributed by atoms with van der Waals surface area (Å²) in [6.45, 7) is 7.96. The van der Waals surface area contributed by atoms with Crippen molar-refractivity contribution in [3.05, 3.63) is 14.7 Å². The molecule has 1 aliphatic rings. The van der Waals surface area contributed by atoms with E-state index < -0.39 is 10.0 Å². The van der Waals surface area contributed by atoms with Gasteiger partial charge in [0.15, 0.2) is 0 Å². The van der Waals surface area contributed by atoms with Crippen LogP contribution in [0.4, 0.5) is 0 Å². The Bertz CT molecular complexity index is 579. The van der Waals surface area contributed by atoms with Crippen LogP contribution in [0.3, 0.4) is 0 Å². The predicted octanol–water partition coefficient (Wildman–Crippen LogP) is 3.41. The van der Waals surface area contributed by atoms with Crippen LogP contribution < -0.4 is 0 Å². The van der Waals surface area contributed by atoms with Gasteiger partial charge in [-0.15, -0.1) is 11.3 Å². The fourth-order valence-corrected chi connectivity index (χ4v) is 5.81. The zero-order valence-corrected chi connectivity index (χ0v) is 15.3. The zero-order chi connectivity index (χ0) is 15.6. The summed E-state index contributed by atoms with van der Waals surface area (Å²) in [6.07, 6.45) is 1.14. The molecule has 0 bridgehead atoms. The first-order valence-corrected chi connectivity index (χ1v) is 9.99. The van der Waals surface area contributed by atoms with Crippen molar-refractivity contribution < 1.29 is 8.42 Å². The van der Waals surface area contributed by atoms with E-state index in [0.717, 1.165) is 37.4 Å². The van der Waals surface area contributed by atoms with Gasteiger partial charge in [-0.05, 0) is 24.9 Å². The second-order valence-electron chi connectivity index (χ2n) is 5.62. The molecule has 8 heteroatoms. The van der Waals surface area contributed by atoms with Gasteiger partial charge in [0.1, 0.15) is 9.23 Å². The lowest BCUT2D eigenvalue weighted by Gasteiger charge is -2.34. The quantitative estimate of drug-likeness (QED) is 0.797. The molecule has 1 aliphatic heterocycles. The van der Waals surface area contributed by atoms with Gasteiger partial charge in [-0.3, -0.25) is 0 Å². The van der Waals surface area contributed by atoms with Crippen LogP contribution in [0.25, 0.3) is 0 Å². The van der Waals surface area contributed by atoms with E-state index in [4.69, 9.17) is 23.2 Å². The minimum absolute atomic E-state index is 0.134. The van der Waals surface area contributed by atoms with Crippen molar-refractivity contribution in [2.45, 2.75) is 25.2 Å². The summed E-state index contributed by atoms with van der Waals surface area (Å²) in [5, 5.41) is 0. The SMILES string of the molecule is CC(C)CCN1CCN(S(=O)(=O)c2cc(Cl)sc2Cl)CC1. The van der Waals surface area contributed by atoms with Crippen LogP contribution in [-0.2, 0) is 10.0 Å². The third-order valence-electron chi connectivity index (χ3n) is 3.60. The summed E-state index contributed by atoms with van der Waals surface area (Å²) < 4.78 is 27.3. The van der Waals surface area contributed by atoms with Crippen molar-refractivity contribution in [3.8, 4) is 0 Å². The van der Waals surface area contributed by atoms with Crippen LogP contribution in [0.15, 0.2) is 11.0 Å². The Morgan fingerprint density at radius 3 is 2.33 bits per heavy atom. The van der Waals surface area contributed by atoms with E-state index in [1.807, 2.05) is 0 Å². The Morgan fingerprint density at radius 1 is 1.24 bits per heavy atom. The van der Waals surface area contributed by atoms with E-state index in [1.54, 1.807) is 0 Å². The van der Waals surface area contributed by atoms with Crippen molar-refractivity contribution in [2.24, 2.45) is 5.92 Å². The molecular formula is C13H20Cl2N2O2S2. The van der Waals surface area contributed by atoms with Gasteiger partial charge >= 0.3 is 0 Å². The summed E-state index contributed by atoms with van der Waals surface area (Å²) in [5.74, 6) is 0.665. The lowest BCUT2D eigenvalue weighted by atomic mass is 10.1. The van der Waals surface area contributed by atoms with Gasteiger partial charge < -0.3 is 4.90 Å². The number of nitrogens with zero attached hydrogens (tertiary/aromatic N) is 2. The number of thiophene rings is 1. The van der Waals surface area contributed by atoms with Crippen LogP contribution in [0.1, 0.15) is 20.3 Å². The van der Waals surface area contributed by atoms with Gasteiger partial charge in [-0.2, -0.15) is 4.31 Å². The van der Waals surface area contributed by atoms with Crippen molar-refractivity contribution in [2.75, 3.05) is 32.7 Å². The Kier molecular flexibility index (Phi) is 5.96. The monoisotopic (exact) mass is 370 g/mol. The maximum absolute atomic E-state index is 12.6. The van der Waals surface area contributed by atoms with Gasteiger partial charge in [0.05, 0.1) is 4.34 Å². The molecule has 4 nitrogen and oxygen atoms in total. The van der Waals surface area contributed by atoms with Gasteiger partial charge in [0, 0.05) is 26.2 Å². The lowest BCUT2D eigenvalue weighted by Crippen LogP contribution is -2.48. The minimum Gasteiger partial charge on any atom is -0.301 e. The second-order valence-corrected chi connectivity index (χ2v) is 9.81. The maximum Gasteiger partial charge on any atom is 0.245 e. The van der Waals surface area contributed by atoms with Crippen LogP contribution in [0.5, 0.6) is 0 Å². The van der Waals surface area contributed by atoms with Crippen LogP contribution in [0, 0.1) is 5.92 Å². The van der Waals surface area contributed by atoms with E-state index in [-0.39, 0.29) is 9.23 Å². The Balaban J connectivity index is 2.00. The predicted molar refractivity (Wildman–Crippen MR) is 89.0 cm³/mol. The summed E-state index contributed by atoms with van der Waals surface area (Å²) in [7, 11) is -3.53. The van der Waals surface area contributed by atoms with Crippen LogP contribution in [-0.4, -0.2) is 50.3 Å². The molecule has 0 N–H and O–H groups in total. The number of hydrogen-bond donors (Lipinski definition) is 0. The van der Waals surface area contributed by atoms with Gasteiger partial charge in [0.25, 0.3) is 0 Å². The topological polar surface area (TPSA) is 40.6 Å². The molecule has 1 aromatic rings. The van der Waals surface area contributed by atoms with Crippen molar-refractivity contribution >= 4 is 44.6 Å².